The molecular formula is C9H14N2O4. The van der Waals surface area contributed by atoms with Gasteiger partial charge < -0.3 is 10.6 Å². The molecule has 15 heavy (non-hydrogen) atoms. The van der Waals surface area contributed by atoms with Gasteiger partial charge in [-0.05, 0) is 0 Å². The predicted molar refractivity (Wildman–Crippen MR) is 52.0 cm³/mol. The van der Waals surface area contributed by atoms with Crippen molar-refractivity contribution in [3.63, 3.8) is 0 Å². The van der Waals surface area contributed by atoms with Gasteiger partial charge in [0, 0.05) is 14.1 Å². The summed E-state index contributed by atoms with van der Waals surface area (Å²) in [5.41, 5.74) is 0. The van der Waals surface area contributed by atoms with E-state index < -0.39 is 23.4 Å². The van der Waals surface area contributed by atoms with Crippen molar-refractivity contribution < 1.29 is 19.2 Å². The van der Waals surface area contributed by atoms with Crippen LogP contribution in [0.4, 0.5) is 0 Å². The fraction of sp³-hybridized carbons (Fsp3) is 0.556. The van der Waals surface area contributed by atoms with Crippen LogP contribution in [0.15, 0.2) is 0 Å². The van der Waals surface area contributed by atoms with Crippen LogP contribution in [0.3, 0.4) is 0 Å². The average Bonchev–Trinajstić information content (AvgIpc) is 2.16. The van der Waals surface area contributed by atoms with Crippen LogP contribution in [0.5, 0.6) is 0 Å². The van der Waals surface area contributed by atoms with E-state index in [9.17, 15) is 19.2 Å². The molecule has 6 heteroatoms. The van der Waals surface area contributed by atoms with Crippen molar-refractivity contribution in [2.24, 2.45) is 0 Å². The third-order valence-corrected chi connectivity index (χ3v) is 1.67. The molecule has 0 aromatic heterocycles. The van der Waals surface area contributed by atoms with E-state index in [1.807, 2.05) is 0 Å². The van der Waals surface area contributed by atoms with Crippen molar-refractivity contribution in [1.82, 2.24) is 10.6 Å². The number of ketones is 2. The lowest BCUT2D eigenvalue weighted by Crippen LogP contribution is -2.25. The zero-order chi connectivity index (χ0) is 11.8. The standard InChI is InChI=1S/C9H14N2O4/c1-10-8(14)4-6(12)3-7(13)5-9(15)11-2/h3-5H2,1-2H3,(H,10,14)(H,11,15). The molecule has 0 atom stereocenters. The fourth-order valence-corrected chi connectivity index (χ4v) is 0.880. The molecule has 0 aromatic carbocycles. The van der Waals surface area contributed by atoms with Gasteiger partial charge in [0.05, 0.1) is 19.3 Å². The zero-order valence-electron chi connectivity index (χ0n) is 8.75. The van der Waals surface area contributed by atoms with Crippen molar-refractivity contribution in [3.8, 4) is 0 Å². The quantitative estimate of drug-likeness (QED) is 0.542. The summed E-state index contributed by atoms with van der Waals surface area (Å²) in [6.45, 7) is 0. The van der Waals surface area contributed by atoms with Crippen LogP contribution >= 0.6 is 0 Å². The molecule has 6 nitrogen and oxygen atoms in total. The van der Waals surface area contributed by atoms with Gasteiger partial charge in [-0.3, -0.25) is 19.2 Å². The number of Topliss-reactive ketones (excluding diaryl/α,β-unsaturated/α-hetero) is 2. The highest BCUT2D eigenvalue weighted by atomic mass is 16.2. The van der Waals surface area contributed by atoms with Crippen LogP contribution in [0.25, 0.3) is 0 Å². The van der Waals surface area contributed by atoms with Crippen LogP contribution in [0.2, 0.25) is 0 Å². The highest BCUT2D eigenvalue weighted by Gasteiger charge is 2.14. The first-order valence-corrected chi connectivity index (χ1v) is 4.44. The molecule has 0 aliphatic rings. The molecule has 2 amide bonds. The van der Waals surface area contributed by atoms with Gasteiger partial charge in [-0.1, -0.05) is 0 Å². The Labute approximate surface area is 87.4 Å². The molecule has 0 heterocycles. The van der Waals surface area contributed by atoms with Crippen LogP contribution in [0, 0.1) is 0 Å². The Kier molecular flexibility index (Phi) is 5.92. The topological polar surface area (TPSA) is 92.3 Å². The van der Waals surface area contributed by atoms with E-state index in [-0.39, 0.29) is 19.3 Å². The maximum Gasteiger partial charge on any atom is 0.227 e. The largest absolute Gasteiger partial charge is 0.359 e. The van der Waals surface area contributed by atoms with E-state index in [2.05, 4.69) is 10.6 Å². The molecule has 0 bridgehead atoms. The number of rotatable bonds is 6. The number of carbonyl (C=O) groups is 4. The molecule has 2 N–H and O–H groups in total. The second kappa shape index (κ2) is 6.69. The van der Waals surface area contributed by atoms with Gasteiger partial charge in [0.1, 0.15) is 11.6 Å². The van der Waals surface area contributed by atoms with Crippen LogP contribution in [-0.2, 0) is 19.2 Å². The van der Waals surface area contributed by atoms with Crippen molar-refractivity contribution in [3.05, 3.63) is 0 Å². The summed E-state index contributed by atoms with van der Waals surface area (Å²) in [6.07, 6.45) is -1.02. The molecular weight excluding hydrogens is 200 g/mol. The first kappa shape index (κ1) is 13.3. The summed E-state index contributed by atoms with van der Waals surface area (Å²) in [5.74, 6) is -1.84. The maximum absolute atomic E-state index is 11.1. The van der Waals surface area contributed by atoms with E-state index in [1.54, 1.807) is 0 Å². The normalized spacial score (nSPS) is 9.20. The number of amides is 2. The van der Waals surface area contributed by atoms with E-state index in [4.69, 9.17) is 0 Å². The lowest BCUT2D eigenvalue weighted by atomic mass is 10.1. The van der Waals surface area contributed by atoms with Gasteiger partial charge in [0.15, 0.2) is 0 Å². The van der Waals surface area contributed by atoms with Crippen molar-refractivity contribution in [1.29, 1.82) is 0 Å². The lowest BCUT2D eigenvalue weighted by molar-refractivity contribution is -0.131. The summed E-state index contributed by atoms with van der Waals surface area (Å²) < 4.78 is 0. The minimum absolute atomic E-state index is 0.323. The molecule has 0 radical (unpaired) electrons. The van der Waals surface area contributed by atoms with Gasteiger partial charge >= 0.3 is 0 Å². The number of hydrogen-bond acceptors (Lipinski definition) is 4. The van der Waals surface area contributed by atoms with E-state index in [0.717, 1.165) is 0 Å². The van der Waals surface area contributed by atoms with E-state index >= 15 is 0 Å². The summed E-state index contributed by atoms with van der Waals surface area (Å²) in [4.78, 5) is 43.7. The molecule has 84 valence electrons. The van der Waals surface area contributed by atoms with Crippen LogP contribution in [-0.4, -0.2) is 37.5 Å². The molecule has 0 saturated carbocycles. The SMILES string of the molecule is CNC(=O)CC(=O)CC(=O)CC(=O)NC. The minimum Gasteiger partial charge on any atom is -0.359 e. The Balaban J connectivity index is 3.92. The smallest absolute Gasteiger partial charge is 0.227 e. The van der Waals surface area contributed by atoms with Crippen LogP contribution in [0.1, 0.15) is 19.3 Å². The molecule has 0 fully saturated rings. The highest BCUT2D eigenvalue weighted by Crippen LogP contribution is 1.95. The Morgan fingerprint density at radius 1 is 0.733 bits per heavy atom. The summed E-state index contributed by atoms with van der Waals surface area (Å²) in [7, 11) is 2.81. The summed E-state index contributed by atoms with van der Waals surface area (Å²) >= 11 is 0. The molecule has 0 unspecified atom stereocenters. The second-order valence-electron chi connectivity index (χ2n) is 2.95. The number of carbonyl (C=O) groups excluding carboxylic acids is 4. The predicted octanol–water partition coefficient (Wildman–Crippen LogP) is -1.21. The molecule has 0 saturated heterocycles. The van der Waals surface area contributed by atoms with Crippen molar-refractivity contribution >= 4 is 23.4 Å². The Morgan fingerprint density at radius 2 is 1.07 bits per heavy atom. The maximum atomic E-state index is 11.1. The Bertz CT molecular complexity index is 258. The van der Waals surface area contributed by atoms with Crippen molar-refractivity contribution in [2.45, 2.75) is 19.3 Å². The fourth-order valence-electron chi connectivity index (χ4n) is 0.880. The third kappa shape index (κ3) is 6.36. The van der Waals surface area contributed by atoms with E-state index in [0.29, 0.717) is 0 Å². The van der Waals surface area contributed by atoms with Gasteiger partial charge in [-0.15, -0.1) is 0 Å². The molecule has 0 spiro atoms. The molecule has 0 aromatic rings. The summed E-state index contributed by atoms with van der Waals surface area (Å²) in [5, 5.41) is 4.54. The minimum atomic E-state index is -0.483. The highest BCUT2D eigenvalue weighted by molar-refractivity contribution is 6.10. The molecule has 0 rings (SSSR count). The lowest BCUT2D eigenvalue weighted by Gasteiger charge is -2.00. The van der Waals surface area contributed by atoms with Gasteiger partial charge in [-0.25, -0.2) is 0 Å². The number of hydrogen-bond donors (Lipinski definition) is 2. The first-order chi connectivity index (χ1) is 6.99. The average molecular weight is 214 g/mol. The zero-order valence-corrected chi connectivity index (χ0v) is 8.75. The van der Waals surface area contributed by atoms with Crippen molar-refractivity contribution in [2.75, 3.05) is 14.1 Å². The van der Waals surface area contributed by atoms with E-state index in [1.165, 1.54) is 14.1 Å². The summed E-state index contributed by atoms with van der Waals surface area (Å²) in [6, 6.07) is 0. The van der Waals surface area contributed by atoms with Gasteiger partial charge in [-0.2, -0.15) is 0 Å². The molecule has 0 aliphatic carbocycles. The number of nitrogens with one attached hydrogen (secondary N) is 2. The monoisotopic (exact) mass is 214 g/mol. The van der Waals surface area contributed by atoms with Gasteiger partial charge in [0.25, 0.3) is 0 Å². The second-order valence-corrected chi connectivity index (χ2v) is 2.95. The molecule has 0 aliphatic heterocycles. The Morgan fingerprint density at radius 3 is 1.33 bits per heavy atom. The van der Waals surface area contributed by atoms with Crippen LogP contribution < -0.4 is 10.6 Å². The third-order valence-electron chi connectivity index (χ3n) is 1.67. The first-order valence-electron chi connectivity index (χ1n) is 4.44. The Hall–Kier alpha value is -1.72. The van der Waals surface area contributed by atoms with Gasteiger partial charge in [0.2, 0.25) is 11.8 Å².